The highest BCUT2D eigenvalue weighted by Gasteiger charge is 2.17. The first-order valence-electron chi connectivity index (χ1n) is 15.7. The van der Waals surface area contributed by atoms with Crippen molar-refractivity contribution in [1.29, 1.82) is 5.26 Å². The van der Waals surface area contributed by atoms with Crippen LogP contribution in [-0.4, -0.2) is 0 Å². The summed E-state index contributed by atoms with van der Waals surface area (Å²) in [4.78, 5) is 8.30. The third-order valence-electron chi connectivity index (χ3n) is 8.31. The fourth-order valence-corrected chi connectivity index (χ4v) is 6.03. The highest BCUT2D eigenvalue weighted by atomic mass is 15.1. The molecule has 0 radical (unpaired) electrons. The summed E-state index contributed by atoms with van der Waals surface area (Å²) in [5, 5.41) is 10.3. The van der Waals surface area contributed by atoms with Crippen LogP contribution in [-0.2, 0) is 0 Å². The molecule has 7 rings (SSSR count). The first-order chi connectivity index (χ1) is 23.7. The average molecular weight is 615 g/mol. The number of nitrogens with zero attached hydrogens (tertiary/aromatic N) is 4. The molecule has 0 fully saturated rings. The van der Waals surface area contributed by atoms with Gasteiger partial charge in [0.25, 0.3) is 0 Å². The van der Waals surface area contributed by atoms with Gasteiger partial charge >= 0.3 is 0 Å². The van der Waals surface area contributed by atoms with Gasteiger partial charge in [-0.25, -0.2) is 4.85 Å². The fourth-order valence-electron chi connectivity index (χ4n) is 6.03. The number of anilines is 6. The largest absolute Gasteiger partial charge is 0.311 e. The van der Waals surface area contributed by atoms with Crippen molar-refractivity contribution in [3.63, 3.8) is 0 Å². The molecule has 226 valence electrons. The molecular formula is C44H30N4. The Morgan fingerprint density at radius 3 is 1.08 bits per heavy atom. The van der Waals surface area contributed by atoms with Crippen molar-refractivity contribution in [3.05, 3.63) is 199 Å². The maximum atomic E-state index is 10.3. The normalized spacial score (nSPS) is 10.5. The van der Waals surface area contributed by atoms with E-state index < -0.39 is 0 Å². The highest BCUT2D eigenvalue weighted by Crippen LogP contribution is 2.41. The predicted octanol–water partition coefficient (Wildman–Crippen LogP) is 12.4. The van der Waals surface area contributed by atoms with Gasteiger partial charge in [0.05, 0.1) is 18.2 Å². The summed E-state index contributed by atoms with van der Waals surface area (Å²) < 4.78 is 0. The van der Waals surface area contributed by atoms with Crippen LogP contribution in [0, 0.1) is 17.9 Å². The molecule has 0 N–H and O–H groups in total. The molecule has 0 bridgehead atoms. The molecule has 7 aromatic rings. The Hall–Kier alpha value is -6.88. The quantitative estimate of drug-likeness (QED) is 0.160. The van der Waals surface area contributed by atoms with E-state index in [9.17, 15) is 5.26 Å². The molecule has 0 aliphatic rings. The summed E-state index contributed by atoms with van der Waals surface area (Å²) in [6.07, 6.45) is 0. The lowest BCUT2D eigenvalue weighted by Crippen LogP contribution is -2.09. The highest BCUT2D eigenvalue weighted by molar-refractivity contribution is 5.88. The second-order valence-corrected chi connectivity index (χ2v) is 11.2. The van der Waals surface area contributed by atoms with Crippen molar-refractivity contribution in [3.8, 4) is 28.3 Å². The van der Waals surface area contributed by atoms with Crippen LogP contribution < -0.4 is 9.80 Å². The van der Waals surface area contributed by atoms with Crippen LogP contribution in [0.15, 0.2) is 182 Å². The van der Waals surface area contributed by atoms with Gasteiger partial charge in [-0.3, -0.25) is 0 Å². The Labute approximate surface area is 281 Å². The lowest BCUT2D eigenvalue weighted by atomic mass is 9.93. The van der Waals surface area contributed by atoms with Crippen molar-refractivity contribution in [2.24, 2.45) is 0 Å². The molecule has 4 nitrogen and oxygen atoms in total. The fraction of sp³-hybridized carbons (Fsp3) is 0. The third kappa shape index (κ3) is 6.03. The van der Waals surface area contributed by atoms with Crippen LogP contribution in [0.5, 0.6) is 0 Å². The van der Waals surface area contributed by atoms with Crippen molar-refractivity contribution >= 4 is 39.8 Å². The molecule has 0 amide bonds. The van der Waals surface area contributed by atoms with Gasteiger partial charge in [-0.2, -0.15) is 5.26 Å². The van der Waals surface area contributed by atoms with Crippen molar-refractivity contribution in [2.45, 2.75) is 0 Å². The summed E-state index contributed by atoms with van der Waals surface area (Å²) >= 11 is 0. The van der Waals surface area contributed by atoms with E-state index in [2.05, 4.69) is 93.5 Å². The summed E-state index contributed by atoms with van der Waals surface area (Å²) in [6.45, 7) is 8.06. The molecule has 0 aliphatic carbocycles. The number of nitriles is 1. The predicted molar refractivity (Wildman–Crippen MR) is 198 cm³/mol. The molecule has 7 aromatic carbocycles. The summed E-state index contributed by atoms with van der Waals surface area (Å²) in [5.74, 6) is 0. The Balaban J connectivity index is 1.23. The van der Waals surface area contributed by atoms with Crippen LogP contribution >= 0.6 is 0 Å². The molecule has 0 saturated carbocycles. The van der Waals surface area contributed by atoms with E-state index in [0.29, 0.717) is 11.3 Å². The van der Waals surface area contributed by atoms with Gasteiger partial charge < -0.3 is 9.80 Å². The zero-order chi connectivity index (χ0) is 32.7. The lowest BCUT2D eigenvalue weighted by Gasteiger charge is -2.25. The topological polar surface area (TPSA) is 34.6 Å². The van der Waals surface area contributed by atoms with Gasteiger partial charge in [0.1, 0.15) is 0 Å². The number of hydrogen-bond donors (Lipinski definition) is 0. The van der Waals surface area contributed by atoms with Crippen LogP contribution in [0.4, 0.5) is 39.8 Å². The van der Waals surface area contributed by atoms with Gasteiger partial charge in [-0.05, 0) is 107 Å². The van der Waals surface area contributed by atoms with E-state index in [-0.39, 0.29) is 0 Å². The Morgan fingerprint density at radius 1 is 0.417 bits per heavy atom. The Bertz CT molecular complexity index is 1970. The van der Waals surface area contributed by atoms with E-state index in [1.54, 1.807) is 0 Å². The minimum atomic E-state index is 0.499. The third-order valence-corrected chi connectivity index (χ3v) is 8.31. The molecule has 48 heavy (non-hydrogen) atoms. The molecule has 0 spiro atoms. The van der Waals surface area contributed by atoms with Gasteiger partial charge in [-0.1, -0.05) is 97.1 Å². The molecule has 0 heterocycles. The average Bonchev–Trinajstić information content (AvgIpc) is 3.17. The smallest absolute Gasteiger partial charge is 0.195 e. The number of para-hydroxylation sites is 4. The second-order valence-electron chi connectivity index (χ2n) is 11.2. The standard InChI is InChI=1S/C44H30N4/c1-46-44-31-42(33-22-26-40(27-23-33)47(36-14-6-2-7-15-36)37-16-8-3-9-17-37)35(32-45)30-43(44)34-24-28-41(29-25-34)48(38-18-10-4-11-19-38)39-20-12-5-13-21-39/h2-31H. The van der Waals surface area contributed by atoms with Crippen molar-refractivity contribution in [1.82, 2.24) is 0 Å². The second kappa shape index (κ2) is 13.6. The zero-order valence-corrected chi connectivity index (χ0v) is 26.1. The first kappa shape index (κ1) is 29.8. The van der Waals surface area contributed by atoms with Crippen LogP contribution in [0.2, 0.25) is 0 Å². The van der Waals surface area contributed by atoms with Crippen molar-refractivity contribution in [2.75, 3.05) is 9.80 Å². The summed E-state index contributed by atoms with van der Waals surface area (Å²) in [5.41, 5.74) is 10.5. The van der Waals surface area contributed by atoms with Crippen LogP contribution in [0.3, 0.4) is 0 Å². The van der Waals surface area contributed by atoms with Gasteiger partial charge in [0, 0.05) is 34.1 Å². The van der Waals surface area contributed by atoms with E-state index in [0.717, 1.165) is 56.4 Å². The SMILES string of the molecule is [C-]#[N+]c1cc(-c2ccc(N(c3ccccc3)c3ccccc3)cc2)c(C#N)cc1-c1ccc(N(c2ccccc2)c2ccccc2)cc1. The van der Waals surface area contributed by atoms with Crippen LogP contribution in [0.25, 0.3) is 27.1 Å². The van der Waals surface area contributed by atoms with Crippen molar-refractivity contribution < 1.29 is 0 Å². The zero-order valence-electron chi connectivity index (χ0n) is 26.1. The summed E-state index contributed by atoms with van der Waals surface area (Å²) in [7, 11) is 0. The van der Waals surface area contributed by atoms with Gasteiger partial charge in [-0.15, -0.1) is 0 Å². The molecule has 0 aromatic heterocycles. The minimum Gasteiger partial charge on any atom is -0.311 e. The molecule has 0 unspecified atom stereocenters. The first-order valence-corrected chi connectivity index (χ1v) is 15.7. The van der Waals surface area contributed by atoms with E-state index in [4.69, 9.17) is 6.57 Å². The maximum Gasteiger partial charge on any atom is 0.195 e. The lowest BCUT2D eigenvalue weighted by molar-refractivity contribution is 1.28. The number of rotatable bonds is 8. The summed E-state index contributed by atoms with van der Waals surface area (Å²) in [6, 6.07) is 63.4. The molecule has 4 heteroatoms. The minimum absolute atomic E-state index is 0.499. The van der Waals surface area contributed by atoms with Crippen LogP contribution in [0.1, 0.15) is 5.56 Å². The molecule has 0 aliphatic heterocycles. The molecule has 0 saturated heterocycles. The van der Waals surface area contributed by atoms with Gasteiger partial charge in [0.15, 0.2) is 5.69 Å². The number of benzene rings is 7. The van der Waals surface area contributed by atoms with E-state index in [1.165, 1.54) is 0 Å². The van der Waals surface area contributed by atoms with E-state index >= 15 is 0 Å². The number of hydrogen-bond acceptors (Lipinski definition) is 3. The van der Waals surface area contributed by atoms with E-state index in [1.807, 2.05) is 109 Å². The maximum absolute atomic E-state index is 10.3. The molecular weight excluding hydrogens is 585 g/mol. The Morgan fingerprint density at radius 2 is 0.750 bits per heavy atom. The Kier molecular flexibility index (Phi) is 8.46. The molecule has 0 atom stereocenters. The monoisotopic (exact) mass is 614 g/mol. The van der Waals surface area contributed by atoms with Gasteiger partial charge in [0.2, 0.25) is 0 Å².